The average molecular weight is 649 g/mol. The van der Waals surface area contributed by atoms with Crippen LogP contribution in [-0.2, 0) is 10.8 Å². The second-order valence-electron chi connectivity index (χ2n) is 14.0. The van der Waals surface area contributed by atoms with Gasteiger partial charge in [0.15, 0.2) is 11.6 Å². The van der Waals surface area contributed by atoms with Gasteiger partial charge in [0, 0.05) is 46.7 Å². The fourth-order valence-electron chi connectivity index (χ4n) is 8.04. The smallest absolute Gasteiger partial charge is 0.161 e. The molecule has 0 fully saturated rings. The predicted molar refractivity (Wildman–Crippen MR) is 202 cm³/mol. The lowest BCUT2D eigenvalue weighted by Gasteiger charge is -2.44. The number of anilines is 6. The number of hydrogen-bond donors (Lipinski definition) is 0. The molecule has 2 aliphatic heterocycles. The molecule has 50 heavy (non-hydrogen) atoms. The lowest BCUT2D eigenvalue weighted by atomic mass is 9.73. The number of benzene rings is 5. The monoisotopic (exact) mass is 648 g/mol. The third-order valence-corrected chi connectivity index (χ3v) is 10.5. The van der Waals surface area contributed by atoms with E-state index in [9.17, 15) is 0 Å². The maximum atomic E-state index is 4.86. The molecule has 0 aliphatic carbocycles. The molecule has 0 N–H and O–H groups in total. The molecule has 5 aromatic carbocycles. The third kappa shape index (κ3) is 4.41. The van der Waals surface area contributed by atoms with Gasteiger partial charge in [-0.3, -0.25) is 0 Å². The summed E-state index contributed by atoms with van der Waals surface area (Å²) in [6.07, 6.45) is 7.26. The minimum absolute atomic E-state index is 0.202. The maximum absolute atomic E-state index is 4.86. The molecule has 0 saturated heterocycles. The van der Waals surface area contributed by atoms with E-state index in [1.165, 1.54) is 22.3 Å². The Labute approximate surface area is 292 Å². The highest BCUT2D eigenvalue weighted by atomic mass is 15.2. The Bertz CT molecular complexity index is 2130. The standard InChI is InChI=1S/C44H36N6/c1-43(2)31-15-5-9-19-35(31)49(36-20-10-6-16-32(36)43)39-27-30(42-47-25-14-26-48-42)40(28-29(39)41-45-23-13-24-46-41)50-37-21-11-7-17-33(37)44(3,4)34-18-8-12-22-38(34)50/h5-28H,1-4H3. The minimum atomic E-state index is -0.202. The van der Waals surface area contributed by atoms with Crippen molar-refractivity contribution in [3.8, 4) is 22.8 Å². The van der Waals surface area contributed by atoms with Crippen molar-refractivity contribution in [3.05, 3.63) is 168 Å². The van der Waals surface area contributed by atoms with Crippen molar-refractivity contribution in [1.82, 2.24) is 19.9 Å². The normalized spacial score (nSPS) is 15.0. The summed E-state index contributed by atoms with van der Waals surface area (Å²) in [6.45, 7) is 9.23. The van der Waals surface area contributed by atoms with Crippen LogP contribution >= 0.6 is 0 Å². The van der Waals surface area contributed by atoms with Crippen molar-refractivity contribution in [2.75, 3.05) is 9.80 Å². The maximum Gasteiger partial charge on any atom is 0.161 e. The number of aromatic nitrogens is 4. The topological polar surface area (TPSA) is 58.0 Å². The number of rotatable bonds is 4. The summed E-state index contributed by atoms with van der Waals surface area (Å²) in [7, 11) is 0. The van der Waals surface area contributed by atoms with Crippen LogP contribution in [0.2, 0.25) is 0 Å². The van der Waals surface area contributed by atoms with Gasteiger partial charge >= 0.3 is 0 Å². The zero-order valence-corrected chi connectivity index (χ0v) is 28.5. The van der Waals surface area contributed by atoms with Crippen LogP contribution in [0.25, 0.3) is 22.8 Å². The molecule has 6 heteroatoms. The highest BCUT2D eigenvalue weighted by Crippen LogP contribution is 2.57. The zero-order chi connectivity index (χ0) is 34.0. The molecular weight excluding hydrogens is 613 g/mol. The molecule has 2 aromatic heterocycles. The number of nitrogens with zero attached hydrogens (tertiary/aromatic N) is 6. The molecule has 7 aromatic rings. The molecule has 242 valence electrons. The minimum Gasteiger partial charge on any atom is -0.309 e. The van der Waals surface area contributed by atoms with Gasteiger partial charge in [0.05, 0.1) is 34.1 Å². The van der Waals surface area contributed by atoms with Crippen LogP contribution < -0.4 is 9.80 Å². The van der Waals surface area contributed by atoms with Gasteiger partial charge in [0.1, 0.15) is 0 Å². The van der Waals surface area contributed by atoms with Crippen molar-refractivity contribution in [1.29, 1.82) is 0 Å². The Hall–Kier alpha value is -6.14. The van der Waals surface area contributed by atoms with E-state index in [0.29, 0.717) is 11.6 Å². The molecule has 0 saturated carbocycles. The van der Waals surface area contributed by atoms with Gasteiger partial charge in [-0.25, -0.2) is 19.9 Å². The number of hydrogen-bond acceptors (Lipinski definition) is 6. The van der Waals surface area contributed by atoms with Gasteiger partial charge in [-0.05, 0) is 70.8 Å². The van der Waals surface area contributed by atoms with Crippen LogP contribution in [0.5, 0.6) is 0 Å². The lowest BCUT2D eigenvalue weighted by molar-refractivity contribution is 0.631. The lowest BCUT2D eigenvalue weighted by Crippen LogP contribution is -2.31. The van der Waals surface area contributed by atoms with Crippen LogP contribution in [-0.4, -0.2) is 19.9 Å². The SMILES string of the molecule is CC1(C)c2ccccc2N(c2cc(-c3ncccn3)c(N3c4ccccc4C(C)(C)c4ccccc43)cc2-c2ncccn2)c2ccccc21. The van der Waals surface area contributed by atoms with E-state index in [2.05, 4.69) is 147 Å². The second kappa shape index (κ2) is 11.2. The second-order valence-corrected chi connectivity index (χ2v) is 14.0. The van der Waals surface area contributed by atoms with E-state index in [4.69, 9.17) is 19.9 Å². The van der Waals surface area contributed by atoms with E-state index in [0.717, 1.165) is 45.3 Å². The first kappa shape index (κ1) is 30.0. The fraction of sp³-hybridized carbons (Fsp3) is 0.136. The highest BCUT2D eigenvalue weighted by Gasteiger charge is 2.40. The van der Waals surface area contributed by atoms with E-state index in [1.54, 1.807) is 0 Å². The molecule has 9 rings (SSSR count). The summed E-state index contributed by atoms with van der Waals surface area (Å²) >= 11 is 0. The van der Waals surface area contributed by atoms with Gasteiger partial charge in [-0.15, -0.1) is 0 Å². The summed E-state index contributed by atoms with van der Waals surface area (Å²) in [5.41, 5.74) is 12.8. The summed E-state index contributed by atoms with van der Waals surface area (Å²) in [6, 6.07) is 43.1. The summed E-state index contributed by atoms with van der Waals surface area (Å²) < 4.78 is 0. The van der Waals surface area contributed by atoms with Crippen molar-refractivity contribution >= 4 is 34.1 Å². The molecule has 2 aliphatic rings. The van der Waals surface area contributed by atoms with E-state index in [-0.39, 0.29) is 10.8 Å². The molecule has 4 heterocycles. The molecule has 0 atom stereocenters. The van der Waals surface area contributed by atoms with Gasteiger partial charge in [-0.2, -0.15) is 0 Å². The van der Waals surface area contributed by atoms with Crippen molar-refractivity contribution in [2.45, 2.75) is 38.5 Å². The van der Waals surface area contributed by atoms with Gasteiger partial charge in [0.25, 0.3) is 0 Å². The number of fused-ring (bicyclic) bond motifs is 4. The first-order valence-corrected chi connectivity index (χ1v) is 17.1. The molecule has 0 spiro atoms. The molecule has 0 radical (unpaired) electrons. The van der Waals surface area contributed by atoms with Crippen molar-refractivity contribution < 1.29 is 0 Å². The largest absolute Gasteiger partial charge is 0.309 e. The Kier molecular flexibility index (Phi) is 6.71. The number of para-hydroxylation sites is 4. The summed E-state index contributed by atoms with van der Waals surface area (Å²) in [4.78, 5) is 24.2. The van der Waals surface area contributed by atoms with Crippen LogP contribution in [0.15, 0.2) is 146 Å². The molecule has 6 nitrogen and oxygen atoms in total. The first-order chi connectivity index (χ1) is 24.4. The molecule has 0 unspecified atom stereocenters. The van der Waals surface area contributed by atoms with Crippen molar-refractivity contribution in [3.63, 3.8) is 0 Å². The van der Waals surface area contributed by atoms with Gasteiger partial charge in [0.2, 0.25) is 0 Å². The predicted octanol–water partition coefficient (Wildman–Crippen LogP) is 10.8. The third-order valence-electron chi connectivity index (χ3n) is 10.5. The first-order valence-electron chi connectivity index (χ1n) is 17.1. The Morgan fingerprint density at radius 3 is 0.940 bits per heavy atom. The van der Waals surface area contributed by atoms with E-state index in [1.807, 2.05) is 36.9 Å². The molecule has 0 bridgehead atoms. The van der Waals surface area contributed by atoms with E-state index >= 15 is 0 Å². The Morgan fingerprint density at radius 2 is 0.640 bits per heavy atom. The van der Waals surface area contributed by atoms with Gasteiger partial charge in [-0.1, -0.05) is 100 Å². The van der Waals surface area contributed by atoms with Crippen LogP contribution in [0.1, 0.15) is 49.9 Å². The quantitative estimate of drug-likeness (QED) is 0.189. The van der Waals surface area contributed by atoms with Crippen LogP contribution in [0.3, 0.4) is 0 Å². The molecule has 0 amide bonds. The highest BCUT2D eigenvalue weighted by molar-refractivity contribution is 5.99. The van der Waals surface area contributed by atoms with Crippen LogP contribution in [0.4, 0.5) is 34.1 Å². The van der Waals surface area contributed by atoms with E-state index < -0.39 is 0 Å². The average Bonchev–Trinajstić information content (AvgIpc) is 3.16. The Balaban J connectivity index is 1.41. The molecular formula is C44H36N6. The van der Waals surface area contributed by atoms with Crippen molar-refractivity contribution in [2.24, 2.45) is 0 Å². The summed E-state index contributed by atoms with van der Waals surface area (Å²) in [5, 5.41) is 0. The zero-order valence-electron chi connectivity index (χ0n) is 28.5. The fourth-order valence-corrected chi connectivity index (χ4v) is 8.04. The Morgan fingerprint density at radius 1 is 0.360 bits per heavy atom. The summed E-state index contributed by atoms with van der Waals surface area (Å²) in [5.74, 6) is 1.28. The van der Waals surface area contributed by atoms with Gasteiger partial charge < -0.3 is 9.80 Å². The van der Waals surface area contributed by atoms with Crippen LogP contribution in [0, 0.1) is 0 Å².